The molecule has 0 spiro atoms. The molecule has 0 atom stereocenters. The molecule has 0 unspecified atom stereocenters. The smallest absolute Gasteiger partial charge is 0.470 e. The van der Waals surface area contributed by atoms with Crippen LogP contribution in [-0.4, -0.2) is 37.2 Å². The molecule has 12 nitrogen and oxygen atoms in total. The summed E-state index contributed by atoms with van der Waals surface area (Å²) in [5, 5.41) is 0. The molecule has 0 saturated heterocycles. The fourth-order valence-electron chi connectivity index (χ4n) is 3.62. The Bertz CT molecular complexity index is 1740. The summed E-state index contributed by atoms with van der Waals surface area (Å²) < 4.78 is 16.8. The lowest BCUT2D eigenvalue weighted by Gasteiger charge is -2.14. The Labute approximate surface area is 206 Å². The van der Waals surface area contributed by atoms with Crippen molar-refractivity contribution in [3.8, 4) is 17.6 Å². The predicted octanol–water partition coefficient (Wildman–Crippen LogP) is 1.92. The number of H-pyrrole nitrogens is 3. The van der Waals surface area contributed by atoms with E-state index >= 15 is 0 Å². The standard InChI is InChI=1S/C24H15BN6O6/c32-19-22(29-16-10-4-1-7-13(16)26-19)35-25(36-23-20(33)27-14-8-2-5-11-17(14)30-23)37-24-21(34)28-15-9-3-6-12-18(15)31-24/h1-12H,(H,26,32)(H,27,33)(H,28,34). The van der Waals surface area contributed by atoms with Gasteiger partial charge in [-0.25, -0.2) is 15.0 Å². The van der Waals surface area contributed by atoms with E-state index in [0.717, 1.165) is 0 Å². The third kappa shape index (κ3) is 4.36. The van der Waals surface area contributed by atoms with Gasteiger partial charge in [0.2, 0.25) is 0 Å². The third-order valence-electron chi connectivity index (χ3n) is 5.33. The molecular formula is C24H15BN6O6. The second kappa shape index (κ2) is 8.96. The lowest BCUT2D eigenvalue weighted by atomic mass is 10.2. The van der Waals surface area contributed by atoms with E-state index in [2.05, 4.69) is 29.9 Å². The summed E-state index contributed by atoms with van der Waals surface area (Å²) >= 11 is 0. The summed E-state index contributed by atoms with van der Waals surface area (Å²) in [5.41, 5.74) is 0.693. The summed E-state index contributed by atoms with van der Waals surface area (Å²) in [4.78, 5) is 58.4. The second-order valence-corrected chi connectivity index (χ2v) is 7.81. The van der Waals surface area contributed by atoms with Crippen LogP contribution in [0.5, 0.6) is 17.6 Å². The van der Waals surface area contributed by atoms with Crippen molar-refractivity contribution in [2.45, 2.75) is 0 Å². The molecule has 0 aliphatic heterocycles. The van der Waals surface area contributed by atoms with Gasteiger partial charge in [0, 0.05) is 0 Å². The average Bonchev–Trinajstić information content (AvgIpc) is 2.90. The molecule has 0 amide bonds. The van der Waals surface area contributed by atoms with Gasteiger partial charge in [-0.2, -0.15) is 0 Å². The van der Waals surface area contributed by atoms with Crippen LogP contribution in [0.4, 0.5) is 0 Å². The Balaban J connectivity index is 1.41. The number of aromatic amines is 3. The zero-order chi connectivity index (χ0) is 25.4. The van der Waals surface area contributed by atoms with Crippen molar-refractivity contribution in [1.29, 1.82) is 0 Å². The maximum atomic E-state index is 12.6. The van der Waals surface area contributed by atoms with Gasteiger partial charge in [0.05, 0.1) is 33.1 Å². The number of aromatic nitrogens is 6. The predicted molar refractivity (Wildman–Crippen MR) is 135 cm³/mol. The van der Waals surface area contributed by atoms with Crippen LogP contribution in [0.2, 0.25) is 0 Å². The van der Waals surface area contributed by atoms with Crippen molar-refractivity contribution in [3.05, 3.63) is 104 Å². The van der Waals surface area contributed by atoms with Crippen LogP contribution < -0.4 is 30.6 Å². The summed E-state index contributed by atoms with van der Waals surface area (Å²) in [6, 6.07) is 20.5. The fraction of sp³-hybridized carbons (Fsp3) is 0. The quantitative estimate of drug-likeness (QED) is 0.293. The van der Waals surface area contributed by atoms with Crippen molar-refractivity contribution in [2.24, 2.45) is 0 Å². The van der Waals surface area contributed by atoms with E-state index in [9.17, 15) is 14.4 Å². The van der Waals surface area contributed by atoms with Gasteiger partial charge in [-0.1, -0.05) is 36.4 Å². The maximum absolute atomic E-state index is 12.6. The van der Waals surface area contributed by atoms with E-state index in [0.29, 0.717) is 33.1 Å². The van der Waals surface area contributed by atoms with Gasteiger partial charge in [-0.05, 0) is 36.4 Å². The topological polar surface area (TPSA) is 165 Å². The van der Waals surface area contributed by atoms with Crippen molar-refractivity contribution >= 4 is 40.4 Å². The lowest BCUT2D eigenvalue weighted by Crippen LogP contribution is -2.42. The Morgan fingerprint density at radius 2 is 0.784 bits per heavy atom. The van der Waals surface area contributed by atoms with Crippen LogP contribution in [-0.2, 0) is 0 Å². The minimum Gasteiger partial charge on any atom is -0.470 e. The van der Waals surface area contributed by atoms with E-state index in [1.165, 1.54) is 0 Å². The average molecular weight is 494 g/mol. The van der Waals surface area contributed by atoms with E-state index in [-0.39, 0.29) is 0 Å². The molecule has 3 aromatic heterocycles. The molecule has 0 aliphatic carbocycles. The largest absolute Gasteiger partial charge is 0.867 e. The Hall–Kier alpha value is -5.46. The maximum Gasteiger partial charge on any atom is 0.867 e. The molecular weight excluding hydrogens is 479 g/mol. The number of hydrogen-bond donors (Lipinski definition) is 3. The molecule has 6 rings (SSSR count). The van der Waals surface area contributed by atoms with Crippen molar-refractivity contribution in [2.75, 3.05) is 0 Å². The number of para-hydroxylation sites is 6. The number of rotatable bonds is 6. The van der Waals surface area contributed by atoms with Gasteiger partial charge in [-0.3, -0.25) is 14.4 Å². The van der Waals surface area contributed by atoms with Gasteiger partial charge in [-0.15, -0.1) is 0 Å². The monoisotopic (exact) mass is 494 g/mol. The highest BCUT2D eigenvalue weighted by molar-refractivity contribution is 6.39. The highest BCUT2D eigenvalue weighted by Crippen LogP contribution is 2.15. The first-order valence-electron chi connectivity index (χ1n) is 11.0. The van der Waals surface area contributed by atoms with Crippen LogP contribution >= 0.6 is 0 Å². The second-order valence-electron chi connectivity index (χ2n) is 7.81. The zero-order valence-corrected chi connectivity index (χ0v) is 18.8. The highest BCUT2D eigenvalue weighted by Gasteiger charge is 2.35. The summed E-state index contributed by atoms with van der Waals surface area (Å²) in [7, 11) is -1.83. The SMILES string of the molecule is O=c1[nH]c2ccccc2nc1OB(Oc1nc2ccccc2[nH]c1=O)Oc1nc2ccccc2[nH]c1=O. The summed E-state index contributed by atoms with van der Waals surface area (Å²) in [5.74, 6) is -1.26. The number of nitrogens with zero attached hydrogens (tertiary/aromatic N) is 3. The van der Waals surface area contributed by atoms with Crippen LogP contribution in [0.1, 0.15) is 0 Å². The minimum atomic E-state index is -1.83. The van der Waals surface area contributed by atoms with Crippen LogP contribution in [0.3, 0.4) is 0 Å². The van der Waals surface area contributed by atoms with Gasteiger partial charge in [0.25, 0.3) is 17.6 Å². The molecule has 0 saturated carbocycles. The molecule has 3 heterocycles. The molecule has 6 aromatic rings. The Morgan fingerprint density at radius 1 is 0.486 bits per heavy atom. The lowest BCUT2D eigenvalue weighted by molar-refractivity contribution is 0.288. The van der Waals surface area contributed by atoms with E-state index < -0.39 is 41.6 Å². The molecule has 13 heteroatoms. The zero-order valence-electron chi connectivity index (χ0n) is 18.8. The van der Waals surface area contributed by atoms with Gasteiger partial charge in [0.15, 0.2) is 0 Å². The Morgan fingerprint density at radius 3 is 1.11 bits per heavy atom. The van der Waals surface area contributed by atoms with Crippen LogP contribution in [0.15, 0.2) is 87.2 Å². The first-order chi connectivity index (χ1) is 18.0. The Kier molecular flexibility index (Phi) is 5.34. The van der Waals surface area contributed by atoms with E-state index in [4.69, 9.17) is 14.0 Å². The summed E-state index contributed by atoms with van der Waals surface area (Å²) in [6.07, 6.45) is 0. The number of benzene rings is 3. The van der Waals surface area contributed by atoms with Crippen molar-refractivity contribution < 1.29 is 14.0 Å². The fourth-order valence-corrected chi connectivity index (χ4v) is 3.62. The number of hydrogen-bond acceptors (Lipinski definition) is 9. The first-order valence-corrected chi connectivity index (χ1v) is 11.0. The van der Waals surface area contributed by atoms with Gasteiger partial charge in [0.1, 0.15) is 0 Å². The molecule has 0 bridgehead atoms. The third-order valence-corrected chi connectivity index (χ3v) is 5.33. The summed E-state index contributed by atoms with van der Waals surface area (Å²) in [6.45, 7) is 0. The molecule has 3 N–H and O–H groups in total. The van der Waals surface area contributed by atoms with Crippen molar-refractivity contribution in [3.63, 3.8) is 0 Å². The number of fused-ring (bicyclic) bond motifs is 3. The van der Waals surface area contributed by atoms with Gasteiger partial charge < -0.3 is 28.9 Å². The first kappa shape index (κ1) is 22.0. The highest BCUT2D eigenvalue weighted by atomic mass is 16.7. The molecule has 180 valence electrons. The van der Waals surface area contributed by atoms with Crippen LogP contribution in [0, 0.1) is 0 Å². The molecule has 3 aromatic carbocycles. The normalized spacial score (nSPS) is 11.0. The molecule has 0 aliphatic rings. The van der Waals surface area contributed by atoms with E-state index in [1.807, 2.05) is 0 Å². The molecule has 0 radical (unpaired) electrons. The minimum absolute atomic E-state index is 0.418. The van der Waals surface area contributed by atoms with E-state index in [1.54, 1.807) is 72.8 Å². The van der Waals surface area contributed by atoms with Crippen molar-refractivity contribution in [1.82, 2.24) is 29.9 Å². The molecule has 37 heavy (non-hydrogen) atoms. The van der Waals surface area contributed by atoms with Gasteiger partial charge >= 0.3 is 24.0 Å². The number of nitrogens with one attached hydrogen (secondary N) is 3. The van der Waals surface area contributed by atoms with Crippen LogP contribution in [0.25, 0.3) is 33.1 Å². The molecule has 0 fully saturated rings.